The van der Waals surface area contributed by atoms with Crippen molar-refractivity contribution in [2.75, 3.05) is 25.1 Å². The SMILES string of the molecule is CCOCCCNc1ccc(I)cc1[N+](=O)[O-]. The van der Waals surface area contributed by atoms with Crippen molar-refractivity contribution in [2.45, 2.75) is 13.3 Å². The van der Waals surface area contributed by atoms with Gasteiger partial charge in [-0.05, 0) is 48.1 Å². The zero-order valence-electron chi connectivity index (χ0n) is 9.61. The summed E-state index contributed by atoms with van der Waals surface area (Å²) >= 11 is 2.06. The van der Waals surface area contributed by atoms with Gasteiger partial charge >= 0.3 is 0 Å². The largest absolute Gasteiger partial charge is 0.382 e. The summed E-state index contributed by atoms with van der Waals surface area (Å²) in [5.41, 5.74) is 0.681. The van der Waals surface area contributed by atoms with Crippen molar-refractivity contribution in [3.63, 3.8) is 0 Å². The summed E-state index contributed by atoms with van der Waals surface area (Å²) in [5.74, 6) is 0. The second-order valence-electron chi connectivity index (χ2n) is 3.40. The highest BCUT2D eigenvalue weighted by molar-refractivity contribution is 14.1. The minimum absolute atomic E-state index is 0.119. The standard InChI is InChI=1S/C11H15IN2O3/c1-2-17-7-3-6-13-10-5-4-9(12)8-11(10)14(15)16/h4-5,8,13H,2-3,6-7H2,1H3. The van der Waals surface area contributed by atoms with Gasteiger partial charge in [-0.2, -0.15) is 0 Å². The molecule has 5 nitrogen and oxygen atoms in total. The summed E-state index contributed by atoms with van der Waals surface area (Å²) in [4.78, 5) is 10.5. The molecule has 94 valence electrons. The Kier molecular flexibility index (Phi) is 6.20. The lowest BCUT2D eigenvalue weighted by Gasteiger charge is -2.07. The lowest BCUT2D eigenvalue weighted by atomic mass is 10.2. The van der Waals surface area contributed by atoms with Crippen LogP contribution in [0.4, 0.5) is 11.4 Å². The van der Waals surface area contributed by atoms with Crippen molar-refractivity contribution >= 4 is 34.0 Å². The van der Waals surface area contributed by atoms with Crippen LogP contribution >= 0.6 is 22.6 Å². The molecule has 0 bridgehead atoms. The van der Waals surface area contributed by atoms with Gasteiger partial charge in [-0.3, -0.25) is 10.1 Å². The first-order valence-corrected chi connectivity index (χ1v) is 6.48. The monoisotopic (exact) mass is 350 g/mol. The lowest BCUT2D eigenvalue weighted by molar-refractivity contribution is -0.384. The highest BCUT2D eigenvalue weighted by Crippen LogP contribution is 2.26. The van der Waals surface area contributed by atoms with E-state index < -0.39 is 0 Å². The molecule has 0 heterocycles. The molecule has 1 rings (SSSR count). The second-order valence-corrected chi connectivity index (χ2v) is 4.64. The molecule has 1 aromatic carbocycles. The molecule has 0 aliphatic heterocycles. The number of hydrogen-bond donors (Lipinski definition) is 1. The van der Waals surface area contributed by atoms with E-state index in [1.54, 1.807) is 12.1 Å². The molecule has 6 heteroatoms. The summed E-state index contributed by atoms with van der Waals surface area (Å²) in [5, 5.41) is 13.9. The normalized spacial score (nSPS) is 10.2. The molecule has 0 saturated heterocycles. The third-order valence-corrected chi connectivity index (χ3v) is 2.81. The predicted octanol–water partition coefficient (Wildman–Crippen LogP) is 3.04. The molecule has 0 aliphatic rings. The summed E-state index contributed by atoms with van der Waals surface area (Å²) in [7, 11) is 0. The van der Waals surface area contributed by atoms with Gasteiger partial charge in [0, 0.05) is 29.4 Å². The maximum absolute atomic E-state index is 10.8. The van der Waals surface area contributed by atoms with E-state index in [4.69, 9.17) is 4.74 Å². The van der Waals surface area contributed by atoms with Crippen molar-refractivity contribution in [3.05, 3.63) is 31.9 Å². The first-order chi connectivity index (χ1) is 8.15. The smallest absolute Gasteiger partial charge is 0.293 e. The van der Waals surface area contributed by atoms with Crippen LogP contribution in [0, 0.1) is 13.7 Å². The molecule has 0 atom stereocenters. The molecule has 0 saturated carbocycles. The maximum Gasteiger partial charge on any atom is 0.293 e. The van der Waals surface area contributed by atoms with Crippen molar-refractivity contribution in [1.29, 1.82) is 0 Å². The Labute approximate surface area is 114 Å². The van der Waals surface area contributed by atoms with E-state index >= 15 is 0 Å². The van der Waals surface area contributed by atoms with Crippen LogP contribution in [0.3, 0.4) is 0 Å². The fraction of sp³-hybridized carbons (Fsp3) is 0.455. The van der Waals surface area contributed by atoms with Crippen LogP contribution in [0.15, 0.2) is 18.2 Å². The van der Waals surface area contributed by atoms with E-state index in [1.807, 2.05) is 13.0 Å². The summed E-state index contributed by atoms with van der Waals surface area (Å²) in [6.07, 6.45) is 0.830. The highest BCUT2D eigenvalue weighted by Gasteiger charge is 2.13. The number of nitro groups is 1. The van der Waals surface area contributed by atoms with Crippen LogP contribution in [0.2, 0.25) is 0 Å². The minimum Gasteiger partial charge on any atom is -0.382 e. The predicted molar refractivity (Wildman–Crippen MR) is 75.4 cm³/mol. The van der Waals surface area contributed by atoms with Gasteiger partial charge in [-0.15, -0.1) is 0 Å². The van der Waals surface area contributed by atoms with Gasteiger partial charge < -0.3 is 10.1 Å². The fourth-order valence-corrected chi connectivity index (χ4v) is 1.82. The minimum atomic E-state index is -0.368. The van der Waals surface area contributed by atoms with E-state index in [1.165, 1.54) is 0 Å². The summed E-state index contributed by atoms with van der Waals surface area (Å²) < 4.78 is 6.05. The molecule has 17 heavy (non-hydrogen) atoms. The zero-order chi connectivity index (χ0) is 12.7. The van der Waals surface area contributed by atoms with Gasteiger partial charge in [-0.25, -0.2) is 0 Å². The average Bonchev–Trinajstić information content (AvgIpc) is 2.30. The van der Waals surface area contributed by atoms with Crippen LogP contribution in [-0.4, -0.2) is 24.7 Å². The lowest BCUT2D eigenvalue weighted by Crippen LogP contribution is -2.07. The quantitative estimate of drug-likeness (QED) is 0.355. The molecular weight excluding hydrogens is 335 g/mol. The van der Waals surface area contributed by atoms with Crippen LogP contribution in [0.25, 0.3) is 0 Å². The van der Waals surface area contributed by atoms with Crippen LogP contribution in [0.1, 0.15) is 13.3 Å². The van der Waals surface area contributed by atoms with Crippen LogP contribution in [0.5, 0.6) is 0 Å². The molecule has 0 radical (unpaired) electrons. The van der Waals surface area contributed by atoms with Gasteiger partial charge in [0.15, 0.2) is 0 Å². The number of anilines is 1. The van der Waals surface area contributed by atoms with Crippen molar-refractivity contribution < 1.29 is 9.66 Å². The molecular formula is C11H15IN2O3. The number of hydrogen-bond acceptors (Lipinski definition) is 4. The van der Waals surface area contributed by atoms with E-state index in [2.05, 4.69) is 27.9 Å². The third-order valence-electron chi connectivity index (χ3n) is 2.14. The van der Waals surface area contributed by atoms with Gasteiger partial charge in [0.2, 0.25) is 0 Å². The van der Waals surface area contributed by atoms with E-state index in [0.29, 0.717) is 25.4 Å². The van der Waals surface area contributed by atoms with E-state index in [-0.39, 0.29) is 10.6 Å². The Morgan fingerprint density at radius 1 is 1.53 bits per heavy atom. The van der Waals surface area contributed by atoms with Gasteiger partial charge in [0.25, 0.3) is 5.69 Å². The Hall–Kier alpha value is -0.890. The molecule has 1 N–H and O–H groups in total. The van der Waals surface area contributed by atoms with Gasteiger partial charge in [0.05, 0.1) is 4.92 Å². The zero-order valence-corrected chi connectivity index (χ0v) is 11.8. The Morgan fingerprint density at radius 3 is 2.94 bits per heavy atom. The topological polar surface area (TPSA) is 64.4 Å². The number of halogens is 1. The average molecular weight is 350 g/mol. The maximum atomic E-state index is 10.8. The van der Waals surface area contributed by atoms with E-state index in [9.17, 15) is 10.1 Å². The van der Waals surface area contributed by atoms with Crippen LogP contribution < -0.4 is 5.32 Å². The number of nitro benzene ring substituents is 1. The molecule has 0 fully saturated rings. The number of nitrogens with zero attached hydrogens (tertiary/aromatic N) is 1. The Morgan fingerprint density at radius 2 is 2.29 bits per heavy atom. The number of nitrogens with one attached hydrogen (secondary N) is 1. The number of benzene rings is 1. The number of rotatable bonds is 7. The Bertz CT molecular complexity index is 385. The molecule has 0 aliphatic carbocycles. The Balaban J connectivity index is 2.55. The summed E-state index contributed by atoms with van der Waals surface area (Å²) in [6, 6.07) is 5.14. The van der Waals surface area contributed by atoms with E-state index in [0.717, 1.165) is 9.99 Å². The number of ether oxygens (including phenoxy) is 1. The van der Waals surface area contributed by atoms with Crippen molar-refractivity contribution in [2.24, 2.45) is 0 Å². The van der Waals surface area contributed by atoms with Crippen molar-refractivity contribution in [1.82, 2.24) is 0 Å². The first kappa shape index (κ1) is 14.2. The molecule has 1 aromatic rings. The molecule has 0 aromatic heterocycles. The van der Waals surface area contributed by atoms with Gasteiger partial charge in [0.1, 0.15) is 5.69 Å². The van der Waals surface area contributed by atoms with Crippen LogP contribution in [-0.2, 0) is 4.74 Å². The molecule has 0 spiro atoms. The molecule has 0 amide bonds. The third kappa shape index (κ3) is 4.86. The second kappa shape index (κ2) is 7.44. The van der Waals surface area contributed by atoms with Gasteiger partial charge in [-0.1, -0.05) is 0 Å². The first-order valence-electron chi connectivity index (χ1n) is 5.40. The fourth-order valence-electron chi connectivity index (χ4n) is 1.35. The van der Waals surface area contributed by atoms with Crippen molar-refractivity contribution in [3.8, 4) is 0 Å². The molecule has 0 unspecified atom stereocenters. The summed E-state index contributed by atoms with van der Waals surface area (Å²) in [6.45, 7) is 3.98. The highest BCUT2D eigenvalue weighted by atomic mass is 127.